The summed E-state index contributed by atoms with van der Waals surface area (Å²) in [6.07, 6.45) is 1.54. The van der Waals surface area contributed by atoms with Crippen molar-refractivity contribution >= 4 is 27.6 Å². The van der Waals surface area contributed by atoms with Crippen LogP contribution in [0.3, 0.4) is 0 Å². The summed E-state index contributed by atoms with van der Waals surface area (Å²) in [6.45, 7) is 7.13. The Balaban J connectivity index is 0.000000185. The average molecular weight is 486 g/mol. The van der Waals surface area contributed by atoms with E-state index in [4.69, 9.17) is 15.2 Å². The van der Waals surface area contributed by atoms with Crippen LogP contribution in [0.4, 0.5) is 11.6 Å². The summed E-state index contributed by atoms with van der Waals surface area (Å²) in [5.41, 5.74) is 6.88. The Hall–Kier alpha value is -2.84. The van der Waals surface area contributed by atoms with Crippen molar-refractivity contribution in [2.24, 2.45) is 0 Å². The number of nitrogen functional groups attached to an aromatic ring is 1. The van der Waals surface area contributed by atoms with Crippen LogP contribution in [0.15, 0.2) is 65.3 Å². The molecular weight excluding hydrogens is 458 g/mol. The van der Waals surface area contributed by atoms with Crippen LogP contribution in [-0.4, -0.2) is 54.7 Å². The molecular formula is C23H28BrN5O2. The number of nitrogens with two attached hydrogens (primary N) is 1. The predicted molar refractivity (Wildman–Crippen MR) is 128 cm³/mol. The van der Waals surface area contributed by atoms with Gasteiger partial charge in [0.2, 0.25) is 11.8 Å². The van der Waals surface area contributed by atoms with E-state index >= 15 is 0 Å². The summed E-state index contributed by atoms with van der Waals surface area (Å²) in [4.78, 5) is 12.7. The molecule has 1 aliphatic heterocycles. The van der Waals surface area contributed by atoms with Crippen LogP contribution in [0.5, 0.6) is 17.4 Å². The van der Waals surface area contributed by atoms with Crippen molar-refractivity contribution < 1.29 is 9.47 Å². The van der Waals surface area contributed by atoms with E-state index in [1.54, 1.807) is 12.3 Å². The number of piperazine rings is 1. The van der Waals surface area contributed by atoms with Gasteiger partial charge in [-0.05, 0) is 54.2 Å². The molecule has 0 spiro atoms. The highest BCUT2D eigenvalue weighted by Crippen LogP contribution is 2.33. The van der Waals surface area contributed by atoms with Crippen LogP contribution in [0, 0.1) is 0 Å². The molecule has 2 heterocycles. The molecule has 4 rings (SSSR count). The zero-order chi connectivity index (χ0) is 22.1. The molecule has 0 bridgehead atoms. The first-order chi connectivity index (χ1) is 15.1. The van der Waals surface area contributed by atoms with E-state index in [2.05, 4.69) is 73.1 Å². The number of hydrogen-bond donors (Lipinski definition) is 1. The van der Waals surface area contributed by atoms with E-state index in [1.807, 2.05) is 25.1 Å². The lowest BCUT2D eigenvalue weighted by atomic mass is 10.2. The Morgan fingerprint density at radius 2 is 1.61 bits per heavy atom. The number of rotatable bonds is 5. The monoisotopic (exact) mass is 485 g/mol. The van der Waals surface area contributed by atoms with Crippen LogP contribution in [0.1, 0.15) is 6.92 Å². The van der Waals surface area contributed by atoms with E-state index in [1.165, 1.54) is 18.8 Å². The number of hydrogen-bond acceptors (Lipinski definition) is 7. The minimum absolute atomic E-state index is 0.155. The SMILES string of the molecule is CCOc1ccccc1Oc1nc(N)ncc1Br.CN1CCN(c2ccccc2)CC1. The van der Waals surface area contributed by atoms with Crippen molar-refractivity contribution in [1.29, 1.82) is 0 Å². The van der Waals surface area contributed by atoms with Gasteiger partial charge in [0.05, 0.1) is 17.3 Å². The van der Waals surface area contributed by atoms with Crippen molar-refractivity contribution in [3.05, 3.63) is 65.3 Å². The summed E-state index contributed by atoms with van der Waals surface area (Å²) in [6, 6.07) is 18.0. The van der Waals surface area contributed by atoms with Gasteiger partial charge >= 0.3 is 0 Å². The van der Waals surface area contributed by atoms with Crippen LogP contribution in [-0.2, 0) is 0 Å². The second kappa shape index (κ2) is 11.5. The van der Waals surface area contributed by atoms with Crippen molar-refractivity contribution in [2.45, 2.75) is 6.92 Å². The molecule has 164 valence electrons. The van der Waals surface area contributed by atoms with Gasteiger partial charge in [-0.3, -0.25) is 0 Å². The lowest BCUT2D eigenvalue weighted by Gasteiger charge is -2.33. The molecule has 1 fully saturated rings. The lowest BCUT2D eigenvalue weighted by molar-refractivity contribution is 0.313. The van der Waals surface area contributed by atoms with Crippen molar-refractivity contribution in [1.82, 2.24) is 14.9 Å². The Morgan fingerprint density at radius 3 is 2.29 bits per heavy atom. The van der Waals surface area contributed by atoms with Gasteiger partial charge in [-0.1, -0.05) is 30.3 Å². The molecule has 1 aliphatic rings. The second-order valence-electron chi connectivity index (χ2n) is 6.99. The van der Waals surface area contributed by atoms with Crippen molar-refractivity contribution in [3.8, 4) is 17.4 Å². The molecule has 1 aromatic heterocycles. The Kier molecular flexibility index (Phi) is 8.49. The zero-order valence-electron chi connectivity index (χ0n) is 17.9. The summed E-state index contributed by atoms with van der Waals surface area (Å²) >= 11 is 3.31. The van der Waals surface area contributed by atoms with E-state index in [9.17, 15) is 0 Å². The van der Waals surface area contributed by atoms with Crippen molar-refractivity contribution in [2.75, 3.05) is 50.5 Å². The average Bonchev–Trinajstić information content (AvgIpc) is 2.79. The smallest absolute Gasteiger partial charge is 0.238 e. The molecule has 2 aromatic carbocycles. The fourth-order valence-corrected chi connectivity index (χ4v) is 3.32. The third-order valence-corrected chi connectivity index (χ3v) is 5.25. The fourth-order valence-electron chi connectivity index (χ4n) is 3.05. The van der Waals surface area contributed by atoms with Gasteiger partial charge in [0.1, 0.15) is 0 Å². The Bertz CT molecular complexity index is 950. The molecule has 0 aliphatic carbocycles. The normalized spacial score (nSPS) is 13.8. The highest BCUT2D eigenvalue weighted by Gasteiger charge is 2.13. The number of benzene rings is 2. The molecule has 0 atom stereocenters. The summed E-state index contributed by atoms with van der Waals surface area (Å²) in [7, 11) is 2.18. The topological polar surface area (TPSA) is 76.7 Å². The van der Waals surface area contributed by atoms with Gasteiger partial charge in [0, 0.05) is 31.9 Å². The fraction of sp³-hybridized carbons (Fsp3) is 0.304. The van der Waals surface area contributed by atoms with Gasteiger partial charge < -0.3 is 25.0 Å². The maximum atomic E-state index is 5.67. The lowest BCUT2D eigenvalue weighted by Crippen LogP contribution is -2.44. The molecule has 2 N–H and O–H groups in total. The van der Waals surface area contributed by atoms with E-state index < -0.39 is 0 Å². The molecule has 0 unspecified atom stereocenters. The first kappa shape index (κ1) is 22.8. The first-order valence-electron chi connectivity index (χ1n) is 10.2. The maximum absolute atomic E-state index is 5.67. The standard InChI is InChI=1S/C12H12BrN3O2.C11H16N2/c1-2-17-9-5-3-4-6-10(9)18-11-8(13)7-15-12(14)16-11;1-12-7-9-13(10-8-12)11-5-3-2-4-6-11/h3-7H,2H2,1H3,(H2,14,15,16);2-6H,7-10H2,1H3. The summed E-state index contributed by atoms with van der Waals surface area (Å²) in [5.74, 6) is 1.75. The van der Waals surface area contributed by atoms with E-state index in [0.717, 1.165) is 13.1 Å². The summed E-state index contributed by atoms with van der Waals surface area (Å²) < 4.78 is 11.8. The maximum Gasteiger partial charge on any atom is 0.238 e. The molecule has 1 saturated heterocycles. The highest BCUT2D eigenvalue weighted by molar-refractivity contribution is 9.10. The number of aromatic nitrogens is 2. The predicted octanol–water partition coefficient (Wildman–Crippen LogP) is 4.45. The molecule has 0 saturated carbocycles. The van der Waals surface area contributed by atoms with Gasteiger partial charge in [-0.2, -0.15) is 4.98 Å². The van der Waals surface area contributed by atoms with Gasteiger partial charge in [-0.25, -0.2) is 4.98 Å². The zero-order valence-corrected chi connectivity index (χ0v) is 19.5. The number of para-hydroxylation sites is 3. The quantitative estimate of drug-likeness (QED) is 0.571. The molecule has 0 radical (unpaired) electrons. The number of anilines is 2. The van der Waals surface area contributed by atoms with Crippen LogP contribution >= 0.6 is 15.9 Å². The second-order valence-corrected chi connectivity index (χ2v) is 7.84. The van der Waals surface area contributed by atoms with E-state index in [-0.39, 0.29) is 5.95 Å². The van der Waals surface area contributed by atoms with Gasteiger partial charge in [0.15, 0.2) is 11.5 Å². The summed E-state index contributed by atoms with van der Waals surface area (Å²) in [5, 5.41) is 0. The largest absolute Gasteiger partial charge is 0.490 e. The number of ether oxygens (including phenoxy) is 2. The molecule has 8 heteroatoms. The number of halogens is 1. The molecule has 7 nitrogen and oxygen atoms in total. The van der Waals surface area contributed by atoms with Crippen LogP contribution in [0.25, 0.3) is 0 Å². The molecule has 3 aromatic rings. The third-order valence-electron chi connectivity index (χ3n) is 4.71. The molecule has 31 heavy (non-hydrogen) atoms. The minimum Gasteiger partial charge on any atom is -0.490 e. The number of likely N-dealkylation sites (N-methyl/N-ethyl adjacent to an activating group) is 1. The van der Waals surface area contributed by atoms with E-state index in [0.29, 0.717) is 28.5 Å². The van der Waals surface area contributed by atoms with Gasteiger partial charge in [-0.15, -0.1) is 0 Å². The van der Waals surface area contributed by atoms with Crippen LogP contribution in [0.2, 0.25) is 0 Å². The van der Waals surface area contributed by atoms with Crippen molar-refractivity contribution in [3.63, 3.8) is 0 Å². The minimum atomic E-state index is 0.155. The van der Waals surface area contributed by atoms with Crippen LogP contribution < -0.4 is 20.1 Å². The third kappa shape index (κ3) is 6.83. The first-order valence-corrected chi connectivity index (χ1v) is 11.0. The number of nitrogens with zero attached hydrogens (tertiary/aromatic N) is 4. The Labute approximate surface area is 191 Å². The highest BCUT2D eigenvalue weighted by atomic mass is 79.9. The molecule has 0 amide bonds. The van der Waals surface area contributed by atoms with Gasteiger partial charge in [0.25, 0.3) is 0 Å². The Morgan fingerprint density at radius 1 is 0.968 bits per heavy atom.